The van der Waals surface area contributed by atoms with Crippen LogP contribution in [0.4, 0.5) is 0 Å². The summed E-state index contributed by atoms with van der Waals surface area (Å²) in [6.45, 7) is 9.36. The summed E-state index contributed by atoms with van der Waals surface area (Å²) in [4.78, 5) is 0. The van der Waals surface area contributed by atoms with E-state index in [9.17, 15) is 0 Å². The van der Waals surface area contributed by atoms with E-state index in [2.05, 4.69) is 51.8 Å². The lowest BCUT2D eigenvalue weighted by Gasteiger charge is -2.26. The molecule has 0 radical (unpaired) electrons. The maximum atomic E-state index is 4.53. The molecule has 0 aliphatic rings. The van der Waals surface area contributed by atoms with Gasteiger partial charge in [0.1, 0.15) is 0 Å². The van der Waals surface area contributed by atoms with Crippen LogP contribution in [0.25, 0.3) is 0 Å². The van der Waals surface area contributed by atoms with Crippen molar-refractivity contribution in [2.45, 2.75) is 33.2 Å². The Morgan fingerprint density at radius 1 is 1.43 bits per heavy atom. The summed E-state index contributed by atoms with van der Waals surface area (Å²) in [5.41, 5.74) is 2.24. The Bertz CT molecular complexity index is 328. The molecule has 1 heterocycles. The summed E-state index contributed by atoms with van der Waals surface area (Å²) in [6.07, 6.45) is 0. The smallest absolute Gasteiger partial charge is 0.0738 e. The van der Waals surface area contributed by atoms with E-state index in [4.69, 9.17) is 0 Å². The number of halogens is 1. The van der Waals surface area contributed by atoms with Crippen molar-refractivity contribution in [2.24, 2.45) is 0 Å². The van der Waals surface area contributed by atoms with Gasteiger partial charge in [0.15, 0.2) is 0 Å². The summed E-state index contributed by atoms with van der Waals surface area (Å²) in [5.74, 6) is 0. The van der Waals surface area contributed by atoms with Gasteiger partial charge in [-0.1, -0.05) is 0 Å². The van der Waals surface area contributed by atoms with Crippen molar-refractivity contribution in [1.29, 1.82) is 0 Å². The number of nitrogens with zero attached hydrogens (tertiary/aromatic N) is 2. The maximum absolute atomic E-state index is 4.53. The summed E-state index contributed by atoms with van der Waals surface area (Å²) < 4.78 is 3.19. The predicted octanol–water partition coefficient (Wildman–Crippen LogP) is 2.22. The third-order valence-electron chi connectivity index (χ3n) is 2.39. The van der Waals surface area contributed by atoms with E-state index in [1.165, 1.54) is 5.69 Å². The zero-order valence-electron chi connectivity index (χ0n) is 9.48. The van der Waals surface area contributed by atoms with Crippen LogP contribution in [-0.4, -0.2) is 23.4 Å². The first-order valence-electron chi connectivity index (χ1n) is 4.77. The minimum Gasteiger partial charge on any atom is -0.317 e. The van der Waals surface area contributed by atoms with E-state index in [0.717, 1.165) is 16.7 Å². The molecule has 1 aromatic heterocycles. The van der Waals surface area contributed by atoms with Crippen LogP contribution in [0.3, 0.4) is 0 Å². The largest absolute Gasteiger partial charge is 0.317 e. The first-order valence-corrected chi connectivity index (χ1v) is 5.56. The first-order chi connectivity index (χ1) is 6.40. The van der Waals surface area contributed by atoms with Crippen molar-refractivity contribution >= 4 is 15.9 Å². The summed E-state index contributed by atoms with van der Waals surface area (Å²) >= 11 is 3.54. The topological polar surface area (TPSA) is 29.9 Å². The van der Waals surface area contributed by atoms with Crippen molar-refractivity contribution in [2.75, 3.05) is 13.6 Å². The highest BCUT2D eigenvalue weighted by Crippen LogP contribution is 2.25. The van der Waals surface area contributed by atoms with Gasteiger partial charge in [-0.3, -0.25) is 4.68 Å². The number of nitrogens with one attached hydrogen (secondary N) is 1. The average molecular weight is 260 g/mol. The van der Waals surface area contributed by atoms with E-state index in [0.29, 0.717) is 0 Å². The van der Waals surface area contributed by atoms with Gasteiger partial charge in [-0.25, -0.2) is 0 Å². The Morgan fingerprint density at radius 2 is 2.00 bits per heavy atom. The number of aromatic nitrogens is 2. The lowest BCUT2D eigenvalue weighted by molar-refractivity contribution is 0.303. The maximum Gasteiger partial charge on any atom is 0.0738 e. The molecule has 0 atom stereocenters. The Morgan fingerprint density at radius 3 is 2.36 bits per heavy atom. The molecule has 1 rings (SSSR count). The zero-order valence-corrected chi connectivity index (χ0v) is 11.1. The molecule has 1 aromatic rings. The first kappa shape index (κ1) is 11.7. The molecule has 0 saturated heterocycles. The van der Waals surface area contributed by atoms with Crippen LogP contribution < -0.4 is 5.32 Å². The van der Waals surface area contributed by atoms with Gasteiger partial charge >= 0.3 is 0 Å². The molecule has 0 aliphatic carbocycles. The van der Waals surface area contributed by atoms with Crippen molar-refractivity contribution < 1.29 is 0 Å². The molecule has 80 valence electrons. The minimum atomic E-state index is 0.00954. The van der Waals surface area contributed by atoms with Gasteiger partial charge in [-0.2, -0.15) is 5.10 Å². The molecular weight excluding hydrogens is 242 g/mol. The second kappa shape index (κ2) is 4.03. The van der Waals surface area contributed by atoms with Crippen LogP contribution in [0, 0.1) is 13.8 Å². The number of hydrogen-bond donors (Lipinski definition) is 1. The second-order valence-corrected chi connectivity index (χ2v) is 5.03. The van der Waals surface area contributed by atoms with Crippen LogP contribution in [0.5, 0.6) is 0 Å². The molecule has 0 fully saturated rings. The Hall–Kier alpha value is -0.350. The van der Waals surface area contributed by atoms with E-state index >= 15 is 0 Å². The highest BCUT2D eigenvalue weighted by molar-refractivity contribution is 9.10. The number of rotatable bonds is 3. The summed E-state index contributed by atoms with van der Waals surface area (Å²) in [6, 6.07) is 0. The molecule has 0 saturated carbocycles. The van der Waals surface area contributed by atoms with Crippen molar-refractivity contribution in [1.82, 2.24) is 15.1 Å². The number of likely N-dealkylation sites (N-methyl/N-ethyl adjacent to an activating group) is 1. The standard InChI is InChI=1S/C10H18BrN3/c1-7-9(11)8(2)14(13-7)10(3,4)6-12-5/h12H,6H2,1-5H3. The van der Waals surface area contributed by atoms with Crippen LogP contribution in [0.2, 0.25) is 0 Å². The van der Waals surface area contributed by atoms with E-state index < -0.39 is 0 Å². The molecule has 4 heteroatoms. The zero-order chi connectivity index (χ0) is 10.9. The molecule has 1 N–H and O–H groups in total. The summed E-state index contributed by atoms with van der Waals surface area (Å²) in [7, 11) is 1.96. The molecule has 0 aromatic carbocycles. The fourth-order valence-electron chi connectivity index (χ4n) is 1.72. The van der Waals surface area contributed by atoms with Crippen LogP contribution in [0.15, 0.2) is 4.47 Å². The van der Waals surface area contributed by atoms with Crippen LogP contribution >= 0.6 is 15.9 Å². The van der Waals surface area contributed by atoms with Crippen molar-refractivity contribution in [3.63, 3.8) is 0 Å². The fraction of sp³-hybridized carbons (Fsp3) is 0.700. The normalized spacial score (nSPS) is 12.1. The van der Waals surface area contributed by atoms with Gasteiger partial charge in [-0.15, -0.1) is 0 Å². The second-order valence-electron chi connectivity index (χ2n) is 4.24. The van der Waals surface area contributed by atoms with Gasteiger partial charge < -0.3 is 5.32 Å². The molecule has 0 spiro atoms. The predicted molar refractivity (Wildman–Crippen MR) is 62.6 cm³/mol. The summed E-state index contributed by atoms with van der Waals surface area (Å²) in [5, 5.41) is 7.72. The number of aryl methyl sites for hydroxylation is 1. The Kier molecular flexibility index (Phi) is 3.37. The molecular formula is C10H18BrN3. The van der Waals surface area contributed by atoms with Crippen molar-refractivity contribution in [3.05, 3.63) is 15.9 Å². The van der Waals surface area contributed by atoms with Gasteiger partial charge in [0.05, 0.1) is 21.4 Å². The number of hydrogen-bond acceptors (Lipinski definition) is 2. The van der Waals surface area contributed by atoms with Gasteiger partial charge in [-0.05, 0) is 50.7 Å². The van der Waals surface area contributed by atoms with E-state index in [1.54, 1.807) is 0 Å². The molecule has 0 amide bonds. The third-order valence-corrected chi connectivity index (χ3v) is 3.53. The van der Waals surface area contributed by atoms with Crippen molar-refractivity contribution in [3.8, 4) is 0 Å². The molecule has 0 aliphatic heterocycles. The Labute approximate surface area is 94.0 Å². The minimum absolute atomic E-state index is 0.00954. The highest BCUT2D eigenvalue weighted by atomic mass is 79.9. The molecule has 3 nitrogen and oxygen atoms in total. The molecule has 14 heavy (non-hydrogen) atoms. The Balaban J connectivity index is 3.12. The quantitative estimate of drug-likeness (QED) is 0.903. The molecule has 0 unspecified atom stereocenters. The highest BCUT2D eigenvalue weighted by Gasteiger charge is 2.23. The lowest BCUT2D eigenvalue weighted by atomic mass is 10.1. The van der Waals surface area contributed by atoms with Gasteiger partial charge in [0, 0.05) is 6.54 Å². The van der Waals surface area contributed by atoms with E-state index in [1.807, 2.05) is 14.0 Å². The fourth-order valence-corrected chi connectivity index (χ4v) is 1.97. The van der Waals surface area contributed by atoms with E-state index in [-0.39, 0.29) is 5.54 Å². The van der Waals surface area contributed by atoms with Crippen LogP contribution in [-0.2, 0) is 5.54 Å². The van der Waals surface area contributed by atoms with Gasteiger partial charge in [0.25, 0.3) is 0 Å². The third kappa shape index (κ3) is 2.01. The van der Waals surface area contributed by atoms with Crippen LogP contribution in [0.1, 0.15) is 25.2 Å². The lowest BCUT2D eigenvalue weighted by Crippen LogP contribution is -2.38. The monoisotopic (exact) mass is 259 g/mol. The average Bonchev–Trinajstić information content (AvgIpc) is 2.33. The SMILES string of the molecule is CNCC(C)(C)n1nc(C)c(Br)c1C. The van der Waals surface area contributed by atoms with Gasteiger partial charge in [0.2, 0.25) is 0 Å². The molecule has 0 bridgehead atoms.